The van der Waals surface area contributed by atoms with Gasteiger partial charge in [-0.05, 0) is 12.1 Å². The summed E-state index contributed by atoms with van der Waals surface area (Å²) in [6, 6.07) is 6.29. The zero-order valence-corrected chi connectivity index (χ0v) is 7.47. The molecule has 1 saturated heterocycles. The predicted octanol–water partition coefficient (Wildman–Crippen LogP) is 0.948. The largest absolute Gasteiger partial charge is 0.507 e. The first-order chi connectivity index (χ1) is 6.77. The average molecular weight is 194 g/mol. The Kier molecular flexibility index (Phi) is 2.37. The molecule has 1 N–H and O–H groups in total. The highest BCUT2D eigenvalue weighted by atomic mass is 16.6. The van der Waals surface area contributed by atoms with E-state index in [1.807, 2.05) is 0 Å². The number of carbonyl (C=O) groups is 1. The van der Waals surface area contributed by atoms with Crippen LogP contribution in [-0.4, -0.2) is 30.4 Å². The molecule has 0 aliphatic carbocycles. The van der Waals surface area contributed by atoms with E-state index in [2.05, 4.69) is 0 Å². The van der Waals surface area contributed by atoms with Crippen molar-refractivity contribution in [3.63, 3.8) is 0 Å². The summed E-state index contributed by atoms with van der Waals surface area (Å²) in [5.74, 6) is -0.576. The molecule has 4 heteroatoms. The number of ether oxygens (including phenoxy) is 2. The van der Waals surface area contributed by atoms with Crippen molar-refractivity contribution in [2.75, 3.05) is 13.2 Å². The van der Waals surface area contributed by atoms with E-state index < -0.39 is 5.97 Å². The van der Waals surface area contributed by atoms with Crippen molar-refractivity contribution < 1.29 is 19.4 Å². The number of benzene rings is 1. The SMILES string of the molecule is O=C(OCC1CO1)c1ccccc1O. The minimum atomic E-state index is -0.515. The third-order valence-corrected chi connectivity index (χ3v) is 1.93. The van der Waals surface area contributed by atoms with Crippen LogP contribution in [0.3, 0.4) is 0 Å². The Labute approximate surface area is 81.1 Å². The molecule has 1 heterocycles. The van der Waals surface area contributed by atoms with Gasteiger partial charge in [0.1, 0.15) is 24.0 Å². The van der Waals surface area contributed by atoms with Gasteiger partial charge in [0, 0.05) is 0 Å². The number of rotatable bonds is 3. The molecule has 0 bridgehead atoms. The number of esters is 1. The van der Waals surface area contributed by atoms with Crippen molar-refractivity contribution in [2.45, 2.75) is 6.10 Å². The van der Waals surface area contributed by atoms with E-state index in [1.165, 1.54) is 12.1 Å². The number of phenols is 1. The fourth-order valence-electron chi connectivity index (χ4n) is 1.06. The molecule has 2 rings (SSSR count). The second-order valence-corrected chi connectivity index (χ2v) is 3.07. The van der Waals surface area contributed by atoms with Gasteiger partial charge in [-0.25, -0.2) is 4.79 Å². The van der Waals surface area contributed by atoms with E-state index in [0.29, 0.717) is 6.61 Å². The molecule has 1 aromatic rings. The number of hydrogen-bond acceptors (Lipinski definition) is 4. The highest BCUT2D eigenvalue weighted by Crippen LogP contribution is 2.17. The molecule has 0 radical (unpaired) electrons. The number of aromatic hydroxyl groups is 1. The van der Waals surface area contributed by atoms with Gasteiger partial charge in [0.2, 0.25) is 0 Å². The van der Waals surface area contributed by atoms with Crippen molar-refractivity contribution in [1.29, 1.82) is 0 Å². The molecule has 4 nitrogen and oxygen atoms in total. The number of para-hydroxylation sites is 1. The van der Waals surface area contributed by atoms with Crippen LogP contribution in [0, 0.1) is 0 Å². The Hall–Kier alpha value is -1.55. The van der Waals surface area contributed by atoms with Gasteiger partial charge in [0.15, 0.2) is 0 Å². The summed E-state index contributed by atoms with van der Waals surface area (Å²) in [5.41, 5.74) is 0.188. The molecule has 0 spiro atoms. The zero-order chi connectivity index (χ0) is 9.97. The normalized spacial score (nSPS) is 19.0. The van der Waals surface area contributed by atoms with Crippen LogP contribution in [0.25, 0.3) is 0 Å². The van der Waals surface area contributed by atoms with Gasteiger partial charge in [-0.1, -0.05) is 12.1 Å². The number of phenolic OH excluding ortho intramolecular Hbond substituents is 1. The highest BCUT2D eigenvalue weighted by molar-refractivity contribution is 5.92. The molecular weight excluding hydrogens is 184 g/mol. The lowest BCUT2D eigenvalue weighted by Crippen LogP contribution is -2.10. The summed E-state index contributed by atoms with van der Waals surface area (Å²) in [4.78, 5) is 11.4. The Balaban J connectivity index is 1.98. The summed E-state index contributed by atoms with van der Waals surface area (Å²) >= 11 is 0. The van der Waals surface area contributed by atoms with Gasteiger partial charge >= 0.3 is 5.97 Å². The molecule has 1 fully saturated rings. The van der Waals surface area contributed by atoms with Gasteiger partial charge in [-0.3, -0.25) is 0 Å². The van der Waals surface area contributed by atoms with E-state index in [9.17, 15) is 9.90 Å². The number of epoxide rings is 1. The second kappa shape index (κ2) is 3.67. The quantitative estimate of drug-likeness (QED) is 0.574. The van der Waals surface area contributed by atoms with Crippen LogP contribution in [0.5, 0.6) is 5.75 Å². The fraction of sp³-hybridized carbons (Fsp3) is 0.300. The Morgan fingerprint density at radius 1 is 1.57 bits per heavy atom. The predicted molar refractivity (Wildman–Crippen MR) is 48.1 cm³/mol. The summed E-state index contributed by atoms with van der Waals surface area (Å²) in [7, 11) is 0. The third kappa shape index (κ3) is 2.03. The lowest BCUT2D eigenvalue weighted by Gasteiger charge is -2.03. The molecule has 1 atom stereocenters. The summed E-state index contributed by atoms with van der Waals surface area (Å²) in [5, 5.41) is 9.33. The summed E-state index contributed by atoms with van der Waals surface area (Å²) in [6.07, 6.45) is 0.0461. The van der Waals surface area contributed by atoms with Gasteiger partial charge in [-0.2, -0.15) is 0 Å². The molecule has 0 amide bonds. The van der Waals surface area contributed by atoms with Crippen LogP contribution in [0.4, 0.5) is 0 Å². The summed E-state index contributed by atoms with van der Waals surface area (Å²) in [6.45, 7) is 0.904. The Bertz CT molecular complexity index is 344. The first kappa shape index (κ1) is 9.02. The van der Waals surface area contributed by atoms with Crippen LogP contribution < -0.4 is 0 Å². The van der Waals surface area contributed by atoms with E-state index in [-0.39, 0.29) is 24.0 Å². The smallest absolute Gasteiger partial charge is 0.342 e. The zero-order valence-electron chi connectivity index (χ0n) is 7.47. The molecule has 1 aromatic carbocycles. The van der Waals surface area contributed by atoms with Crippen molar-refractivity contribution >= 4 is 5.97 Å². The lowest BCUT2D eigenvalue weighted by atomic mass is 10.2. The van der Waals surface area contributed by atoms with Crippen molar-refractivity contribution in [2.24, 2.45) is 0 Å². The Morgan fingerprint density at radius 3 is 2.93 bits per heavy atom. The number of hydrogen-bond donors (Lipinski definition) is 1. The molecule has 1 unspecified atom stereocenters. The molecular formula is C10H10O4. The number of carbonyl (C=O) groups excluding carboxylic acids is 1. The molecule has 1 aliphatic rings. The molecule has 14 heavy (non-hydrogen) atoms. The topological polar surface area (TPSA) is 59.1 Å². The second-order valence-electron chi connectivity index (χ2n) is 3.07. The van der Waals surface area contributed by atoms with Crippen LogP contribution in [0.2, 0.25) is 0 Å². The van der Waals surface area contributed by atoms with Crippen LogP contribution in [-0.2, 0) is 9.47 Å². The molecule has 74 valence electrons. The Morgan fingerprint density at radius 2 is 2.29 bits per heavy atom. The van der Waals surface area contributed by atoms with Crippen molar-refractivity contribution in [1.82, 2.24) is 0 Å². The molecule has 0 saturated carbocycles. The summed E-state index contributed by atoms with van der Waals surface area (Å²) < 4.78 is 9.79. The lowest BCUT2D eigenvalue weighted by molar-refractivity contribution is 0.0473. The fourth-order valence-corrected chi connectivity index (χ4v) is 1.06. The van der Waals surface area contributed by atoms with Crippen molar-refractivity contribution in [3.05, 3.63) is 29.8 Å². The van der Waals surface area contributed by atoms with E-state index >= 15 is 0 Å². The van der Waals surface area contributed by atoms with Gasteiger partial charge in [0.05, 0.1) is 6.61 Å². The minimum absolute atomic E-state index is 0.0461. The van der Waals surface area contributed by atoms with Crippen LogP contribution >= 0.6 is 0 Å². The highest BCUT2D eigenvalue weighted by Gasteiger charge is 2.25. The molecule has 0 aromatic heterocycles. The maximum atomic E-state index is 11.4. The molecule has 1 aliphatic heterocycles. The van der Waals surface area contributed by atoms with Gasteiger partial charge in [-0.15, -0.1) is 0 Å². The van der Waals surface area contributed by atoms with Gasteiger partial charge < -0.3 is 14.6 Å². The minimum Gasteiger partial charge on any atom is -0.507 e. The third-order valence-electron chi connectivity index (χ3n) is 1.93. The van der Waals surface area contributed by atoms with Crippen LogP contribution in [0.1, 0.15) is 10.4 Å². The maximum absolute atomic E-state index is 11.4. The van der Waals surface area contributed by atoms with E-state index in [0.717, 1.165) is 0 Å². The van der Waals surface area contributed by atoms with Crippen LogP contribution in [0.15, 0.2) is 24.3 Å². The first-order valence-electron chi connectivity index (χ1n) is 4.34. The standard InChI is InChI=1S/C10H10O4/c11-9-4-2-1-3-8(9)10(12)14-6-7-5-13-7/h1-4,7,11H,5-6H2. The van der Waals surface area contributed by atoms with E-state index in [4.69, 9.17) is 9.47 Å². The van der Waals surface area contributed by atoms with E-state index in [1.54, 1.807) is 12.1 Å². The monoisotopic (exact) mass is 194 g/mol. The van der Waals surface area contributed by atoms with Crippen molar-refractivity contribution in [3.8, 4) is 5.75 Å². The van der Waals surface area contributed by atoms with Gasteiger partial charge in [0.25, 0.3) is 0 Å². The maximum Gasteiger partial charge on any atom is 0.342 e. The average Bonchev–Trinajstić information content (AvgIpc) is 2.98. The first-order valence-corrected chi connectivity index (χ1v) is 4.34.